The average Bonchev–Trinajstić information content (AvgIpc) is 2.90. The minimum absolute atomic E-state index is 0.0352. The lowest BCUT2D eigenvalue weighted by atomic mass is 9.92. The van der Waals surface area contributed by atoms with Gasteiger partial charge >= 0.3 is 6.09 Å². The molecular formula is C31H41N3O8. The van der Waals surface area contributed by atoms with Crippen molar-refractivity contribution in [1.29, 1.82) is 0 Å². The summed E-state index contributed by atoms with van der Waals surface area (Å²) in [4.78, 5) is 40.1. The summed E-state index contributed by atoms with van der Waals surface area (Å²) < 4.78 is 16.5. The number of carbonyl (C=O) groups is 3. The van der Waals surface area contributed by atoms with Crippen molar-refractivity contribution in [2.24, 2.45) is 11.7 Å². The van der Waals surface area contributed by atoms with Crippen molar-refractivity contribution >= 4 is 35.2 Å². The molecule has 0 aromatic heterocycles. The monoisotopic (exact) mass is 583 g/mol. The Hall–Kier alpha value is -4.09. The van der Waals surface area contributed by atoms with Crippen LogP contribution in [0.3, 0.4) is 0 Å². The van der Waals surface area contributed by atoms with Crippen molar-refractivity contribution in [3.63, 3.8) is 0 Å². The number of phenols is 2. The third kappa shape index (κ3) is 7.59. The number of aromatic hydroxyl groups is 2. The molecule has 1 aromatic rings. The first-order chi connectivity index (χ1) is 19.9. The molecule has 42 heavy (non-hydrogen) atoms. The Morgan fingerprint density at radius 1 is 1.12 bits per heavy atom. The number of nitrogens with two attached hydrogens (primary N) is 1. The zero-order valence-corrected chi connectivity index (χ0v) is 25.0. The molecule has 0 unspecified atom stereocenters. The zero-order chi connectivity index (χ0) is 31.1. The van der Waals surface area contributed by atoms with Crippen LogP contribution in [0.15, 0.2) is 47.1 Å². The highest BCUT2D eigenvalue weighted by molar-refractivity contribution is 6.05. The smallest absolute Gasteiger partial charge is 0.405 e. The van der Waals surface area contributed by atoms with Crippen molar-refractivity contribution in [3.05, 3.63) is 52.7 Å². The van der Waals surface area contributed by atoms with Gasteiger partial charge in [-0.3, -0.25) is 9.59 Å². The highest BCUT2D eigenvalue weighted by Crippen LogP contribution is 2.45. The topological polar surface area (TPSA) is 161 Å². The fourth-order valence-corrected chi connectivity index (χ4v) is 4.99. The molecule has 2 bridgehead atoms. The molecule has 5 N–H and O–H groups in total. The van der Waals surface area contributed by atoms with Gasteiger partial charge in [-0.05, 0) is 38.8 Å². The van der Waals surface area contributed by atoms with Crippen molar-refractivity contribution in [1.82, 2.24) is 0 Å². The minimum Gasteiger partial charge on any atom is -0.506 e. The molecule has 2 aliphatic rings. The van der Waals surface area contributed by atoms with E-state index in [1.54, 1.807) is 52.0 Å². The summed E-state index contributed by atoms with van der Waals surface area (Å²) in [6, 6.07) is 1.32. The van der Waals surface area contributed by atoms with Crippen LogP contribution in [0.4, 0.5) is 16.2 Å². The molecule has 2 heterocycles. The summed E-state index contributed by atoms with van der Waals surface area (Å²) in [5.74, 6) is -1.64. The van der Waals surface area contributed by atoms with E-state index in [2.05, 4.69) is 5.32 Å². The number of methoxy groups -OCH3 is 2. The van der Waals surface area contributed by atoms with Gasteiger partial charge in [0.2, 0.25) is 0 Å². The number of fused-ring (bicyclic) bond motifs is 2. The molecule has 1 saturated heterocycles. The number of amides is 2. The Kier molecular flexibility index (Phi) is 11.0. The number of nitrogens with one attached hydrogen (secondary N) is 1. The molecule has 1 aromatic carbocycles. The van der Waals surface area contributed by atoms with Crippen molar-refractivity contribution in [2.45, 2.75) is 58.8 Å². The maximum Gasteiger partial charge on any atom is 0.405 e. The van der Waals surface area contributed by atoms with Crippen LogP contribution in [-0.4, -0.2) is 73.6 Å². The average molecular weight is 584 g/mol. The molecule has 3 rings (SSSR count). The number of hydrogen-bond acceptors (Lipinski definition) is 9. The van der Waals surface area contributed by atoms with Gasteiger partial charge in [0.05, 0.1) is 11.4 Å². The van der Waals surface area contributed by atoms with Crippen LogP contribution in [0.5, 0.6) is 11.5 Å². The van der Waals surface area contributed by atoms with Crippen LogP contribution < -0.4 is 16.0 Å². The van der Waals surface area contributed by atoms with Crippen LogP contribution in [0.25, 0.3) is 6.08 Å². The number of carbonyl (C=O) groups excluding carboxylic acids is 3. The fraction of sp³-hybridized carbons (Fsp3) is 0.452. The number of hydrogen-bond donors (Lipinski definition) is 4. The Labute approximate surface area is 246 Å². The zero-order valence-electron chi connectivity index (χ0n) is 25.0. The van der Waals surface area contributed by atoms with Gasteiger partial charge < -0.3 is 40.4 Å². The molecule has 228 valence electrons. The number of benzene rings is 1. The summed E-state index contributed by atoms with van der Waals surface area (Å²) in [5, 5.41) is 24.9. The lowest BCUT2D eigenvalue weighted by Crippen LogP contribution is -2.37. The maximum absolute atomic E-state index is 13.5. The van der Waals surface area contributed by atoms with Gasteiger partial charge in [0, 0.05) is 56.9 Å². The highest BCUT2D eigenvalue weighted by Gasteiger charge is 2.29. The molecule has 4 atom stereocenters. The van der Waals surface area contributed by atoms with Gasteiger partial charge in [-0.2, -0.15) is 0 Å². The summed E-state index contributed by atoms with van der Waals surface area (Å²) in [6.07, 6.45) is 5.66. The number of nitrogens with zero attached hydrogens (tertiary/aromatic N) is 1. The first-order valence-corrected chi connectivity index (χ1v) is 13.8. The number of anilines is 2. The third-order valence-corrected chi connectivity index (χ3v) is 7.44. The highest BCUT2D eigenvalue weighted by atomic mass is 16.6. The van der Waals surface area contributed by atoms with Gasteiger partial charge in [-0.15, -0.1) is 0 Å². The fourth-order valence-electron chi connectivity index (χ4n) is 4.99. The first-order valence-electron chi connectivity index (χ1n) is 13.8. The number of ether oxygens (including phenoxy) is 3. The largest absolute Gasteiger partial charge is 0.506 e. The molecule has 2 amide bonds. The molecule has 11 nitrogen and oxygen atoms in total. The molecule has 11 heteroatoms. The van der Waals surface area contributed by atoms with E-state index in [0.717, 1.165) is 6.42 Å². The van der Waals surface area contributed by atoms with E-state index in [1.807, 2.05) is 4.90 Å². The van der Waals surface area contributed by atoms with Crippen LogP contribution in [0, 0.1) is 5.92 Å². The molecule has 1 fully saturated rings. The Morgan fingerprint density at radius 3 is 2.38 bits per heavy atom. The standard InChI is InChI=1S/C31H41N3O8/c1-17-13-21-26(34-11-8-12-34)23(35)16-22(28(21)37)33-30(38)18(2)9-7-10-24(40-5)29(42-31(32)39)20(4)15-19(3)27(36)25(14-17)41-6/h7,9-10,13,15-16,19,24-25,29,35,37H,8,11-12,14H2,1-6H3,(H2,32,39)(H,33,38)/b10-7-,17-13-,18-9+,20-15+/t19-,24-,25-,29-/m0/s1. The predicted molar refractivity (Wildman–Crippen MR) is 160 cm³/mol. The van der Waals surface area contributed by atoms with Gasteiger partial charge in [0.25, 0.3) is 5.91 Å². The number of primary amides is 1. The second-order valence-electron chi connectivity index (χ2n) is 10.7. The van der Waals surface area contributed by atoms with Crippen molar-refractivity contribution in [2.75, 3.05) is 37.5 Å². The second-order valence-corrected chi connectivity index (χ2v) is 10.7. The lowest BCUT2D eigenvalue weighted by molar-refractivity contribution is -0.131. The van der Waals surface area contributed by atoms with E-state index >= 15 is 0 Å². The number of Topliss-reactive ketones (excluding diaryl/α,β-unsaturated/α-hetero) is 1. The normalized spacial score (nSPS) is 28.7. The van der Waals surface area contributed by atoms with Gasteiger partial charge in [-0.25, -0.2) is 4.79 Å². The summed E-state index contributed by atoms with van der Waals surface area (Å²) in [6.45, 7) is 8.22. The predicted octanol–water partition coefficient (Wildman–Crippen LogP) is 4.20. The minimum atomic E-state index is -1.01. The summed E-state index contributed by atoms with van der Waals surface area (Å²) in [5.41, 5.74) is 7.70. The van der Waals surface area contributed by atoms with E-state index in [4.69, 9.17) is 19.9 Å². The summed E-state index contributed by atoms with van der Waals surface area (Å²) in [7, 11) is 2.87. The molecule has 0 radical (unpaired) electrons. The Balaban J connectivity index is 2.17. The van der Waals surface area contributed by atoms with Crippen LogP contribution in [0.1, 0.15) is 46.1 Å². The lowest BCUT2D eigenvalue weighted by Gasteiger charge is -2.35. The SMILES string of the molecule is CO[C@H]1C/C(C)=C\c2c(O)c(cc(O)c2N2CCC2)NC(=O)/C(C)=C/C=C\[C@H](OC)[C@@H](OC(N)=O)/C(C)=C/[C@H](C)C1=O. The maximum atomic E-state index is 13.5. The second kappa shape index (κ2) is 14.2. The summed E-state index contributed by atoms with van der Waals surface area (Å²) >= 11 is 0. The first kappa shape index (κ1) is 32.4. The van der Waals surface area contributed by atoms with Gasteiger partial charge in [0.1, 0.15) is 23.7 Å². The Bertz CT molecular complexity index is 1330. The van der Waals surface area contributed by atoms with E-state index in [1.165, 1.54) is 26.4 Å². The van der Waals surface area contributed by atoms with E-state index in [0.29, 0.717) is 41.1 Å². The Morgan fingerprint density at radius 2 is 1.81 bits per heavy atom. The number of phenolic OH excluding ortho intramolecular Hbond substituents is 2. The molecule has 0 aliphatic carbocycles. The van der Waals surface area contributed by atoms with E-state index < -0.39 is 36.2 Å². The number of ketones is 1. The molecule has 2 aliphatic heterocycles. The van der Waals surface area contributed by atoms with Crippen LogP contribution >= 0.6 is 0 Å². The van der Waals surface area contributed by atoms with Crippen LogP contribution in [0.2, 0.25) is 0 Å². The number of allylic oxidation sites excluding steroid dienone is 3. The third-order valence-electron chi connectivity index (χ3n) is 7.44. The van der Waals surface area contributed by atoms with E-state index in [-0.39, 0.29) is 29.4 Å². The number of rotatable bonds is 4. The van der Waals surface area contributed by atoms with Gasteiger partial charge in [0.15, 0.2) is 11.9 Å². The van der Waals surface area contributed by atoms with E-state index in [9.17, 15) is 24.6 Å². The molecule has 0 saturated carbocycles. The van der Waals surface area contributed by atoms with Gasteiger partial charge in [-0.1, -0.05) is 36.8 Å². The quantitative estimate of drug-likeness (QED) is 0.231. The van der Waals surface area contributed by atoms with Crippen molar-refractivity contribution in [3.8, 4) is 11.5 Å². The van der Waals surface area contributed by atoms with Crippen molar-refractivity contribution < 1.29 is 38.8 Å². The molecule has 0 spiro atoms. The molecular weight excluding hydrogens is 542 g/mol. The van der Waals surface area contributed by atoms with Crippen LogP contribution in [-0.2, 0) is 23.8 Å².